The molecule has 0 aromatic heterocycles. The number of halogens is 2. The second-order valence-corrected chi connectivity index (χ2v) is 4.06. The van der Waals surface area contributed by atoms with Crippen LogP contribution in [-0.2, 0) is 14.4 Å². The first-order valence-electron chi connectivity index (χ1n) is 4.75. The number of hydrogen-bond acceptors (Lipinski definition) is 3. The minimum Gasteiger partial charge on any atom is -0.479 e. The summed E-state index contributed by atoms with van der Waals surface area (Å²) in [6.07, 6.45) is 2.64. The number of carbonyl (C=O) groups is 2. The number of rotatable bonds is 5. The van der Waals surface area contributed by atoms with Crippen molar-refractivity contribution in [2.75, 3.05) is 6.61 Å². The van der Waals surface area contributed by atoms with Gasteiger partial charge in [-0.2, -0.15) is 0 Å². The molecule has 1 aromatic rings. The van der Waals surface area contributed by atoms with Crippen molar-refractivity contribution < 1.29 is 19.5 Å². The lowest BCUT2D eigenvalue weighted by atomic mass is 10.2. The molecule has 0 atom stereocenters. The molecule has 2 N–H and O–H groups in total. The van der Waals surface area contributed by atoms with Crippen molar-refractivity contribution in [3.05, 3.63) is 39.9 Å². The topological polar surface area (TPSA) is 75.6 Å². The van der Waals surface area contributed by atoms with E-state index < -0.39 is 18.5 Å². The fourth-order valence-corrected chi connectivity index (χ4v) is 1.59. The first-order chi connectivity index (χ1) is 8.47. The van der Waals surface area contributed by atoms with Gasteiger partial charge < -0.3 is 5.11 Å². The second-order valence-electron chi connectivity index (χ2n) is 3.18. The predicted octanol–water partition coefficient (Wildman–Crippen LogP) is 2.14. The SMILES string of the molecule is O=C(O)CONC(=O)C=Cc1cc(Cl)cc(Cl)c1. The van der Waals surface area contributed by atoms with Gasteiger partial charge in [-0.15, -0.1) is 0 Å². The van der Waals surface area contributed by atoms with Gasteiger partial charge in [0.1, 0.15) is 0 Å². The zero-order valence-corrected chi connectivity index (χ0v) is 10.5. The van der Waals surface area contributed by atoms with Crippen LogP contribution in [0.1, 0.15) is 5.56 Å². The van der Waals surface area contributed by atoms with Gasteiger partial charge in [-0.05, 0) is 29.8 Å². The molecule has 0 aliphatic carbocycles. The molecule has 1 aromatic carbocycles. The van der Waals surface area contributed by atoms with E-state index in [-0.39, 0.29) is 0 Å². The molecule has 0 heterocycles. The van der Waals surface area contributed by atoms with E-state index in [1.54, 1.807) is 18.2 Å². The van der Waals surface area contributed by atoms with E-state index in [1.165, 1.54) is 12.2 Å². The normalized spacial score (nSPS) is 10.6. The van der Waals surface area contributed by atoms with E-state index in [9.17, 15) is 9.59 Å². The smallest absolute Gasteiger partial charge is 0.332 e. The number of carboxylic acids is 1. The van der Waals surface area contributed by atoms with Gasteiger partial charge in [0, 0.05) is 16.1 Å². The third kappa shape index (κ3) is 5.67. The van der Waals surface area contributed by atoms with Crippen molar-refractivity contribution in [3.63, 3.8) is 0 Å². The van der Waals surface area contributed by atoms with E-state index >= 15 is 0 Å². The van der Waals surface area contributed by atoms with Crippen molar-refractivity contribution in [2.45, 2.75) is 0 Å². The summed E-state index contributed by atoms with van der Waals surface area (Å²) in [5.41, 5.74) is 2.58. The lowest BCUT2D eigenvalue weighted by Crippen LogP contribution is -2.24. The number of aliphatic carboxylic acids is 1. The number of amides is 1. The standard InChI is InChI=1S/C11H9Cl2NO4/c12-8-3-7(4-9(13)5-8)1-2-10(15)14-18-6-11(16)17/h1-5H,6H2,(H,14,15)(H,16,17). The number of benzene rings is 1. The Hall–Kier alpha value is -1.56. The summed E-state index contributed by atoms with van der Waals surface area (Å²) in [5, 5.41) is 9.17. The van der Waals surface area contributed by atoms with Gasteiger partial charge in [-0.3, -0.25) is 9.63 Å². The third-order valence-electron chi connectivity index (χ3n) is 1.68. The molecular formula is C11H9Cl2NO4. The van der Waals surface area contributed by atoms with Gasteiger partial charge in [0.15, 0.2) is 6.61 Å². The van der Waals surface area contributed by atoms with E-state index in [2.05, 4.69) is 4.84 Å². The largest absolute Gasteiger partial charge is 0.479 e. The van der Waals surface area contributed by atoms with E-state index in [0.717, 1.165) is 0 Å². The quantitative estimate of drug-likeness (QED) is 0.643. The minimum absolute atomic E-state index is 0.449. The molecule has 96 valence electrons. The summed E-state index contributed by atoms with van der Waals surface area (Å²) < 4.78 is 0. The maximum Gasteiger partial charge on any atom is 0.332 e. The van der Waals surface area contributed by atoms with E-state index in [4.69, 9.17) is 28.3 Å². The first kappa shape index (κ1) is 14.5. The Morgan fingerprint density at radius 1 is 1.28 bits per heavy atom. The Morgan fingerprint density at radius 2 is 1.89 bits per heavy atom. The van der Waals surface area contributed by atoms with Gasteiger partial charge in [0.2, 0.25) is 0 Å². The van der Waals surface area contributed by atoms with Gasteiger partial charge in [-0.25, -0.2) is 10.3 Å². The van der Waals surface area contributed by atoms with Crippen molar-refractivity contribution >= 4 is 41.2 Å². The van der Waals surface area contributed by atoms with Crippen molar-refractivity contribution in [1.29, 1.82) is 0 Å². The number of hydrogen-bond donors (Lipinski definition) is 2. The van der Waals surface area contributed by atoms with Crippen LogP contribution in [0.4, 0.5) is 0 Å². The Morgan fingerprint density at radius 3 is 2.44 bits per heavy atom. The molecule has 0 aliphatic heterocycles. The van der Waals surface area contributed by atoms with Crippen molar-refractivity contribution in [3.8, 4) is 0 Å². The molecule has 7 heteroatoms. The maximum atomic E-state index is 11.2. The lowest BCUT2D eigenvalue weighted by Gasteiger charge is -2.00. The van der Waals surface area contributed by atoms with Crippen LogP contribution in [0, 0.1) is 0 Å². The molecule has 0 spiro atoms. The maximum absolute atomic E-state index is 11.2. The van der Waals surface area contributed by atoms with Crippen LogP contribution in [-0.4, -0.2) is 23.6 Å². The second kappa shape index (κ2) is 7.00. The molecular weight excluding hydrogens is 281 g/mol. The van der Waals surface area contributed by atoms with Crippen LogP contribution in [0.3, 0.4) is 0 Å². The number of nitrogens with one attached hydrogen (secondary N) is 1. The molecule has 0 fully saturated rings. The molecule has 1 rings (SSSR count). The fourth-order valence-electron chi connectivity index (χ4n) is 1.05. The van der Waals surface area contributed by atoms with Crippen molar-refractivity contribution in [1.82, 2.24) is 5.48 Å². The van der Waals surface area contributed by atoms with Crippen LogP contribution >= 0.6 is 23.2 Å². The Labute approximate surface area is 113 Å². The summed E-state index contributed by atoms with van der Waals surface area (Å²) in [5.74, 6) is -1.77. The van der Waals surface area contributed by atoms with Crippen LogP contribution in [0.15, 0.2) is 24.3 Å². The van der Waals surface area contributed by atoms with Gasteiger partial charge >= 0.3 is 5.97 Å². The predicted molar refractivity (Wildman–Crippen MR) is 67.2 cm³/mol. The highest BCUT2D eigenvalue weighted by atomic mass is 35.5. The summed E-state index contributed by atoms with van der Waals surface area (Å²) in [6.45, 7) is -0.609. The number of hydroxylamine groups is 1. The summed E-state index contributed by atoms with van der Waals surface area (Å²) in [6, 6.07) is 4.81. The molecule has 18 heavy (non-hydrogen) atoms. The van der Waals surface area contributed by atoms with Crippen LogP contribution in [0.25, 0.3) is 6.08 Å². The van der Waals surface area contributed by atoms with Crippen LogP contribution < -0.4 is 5.48 Å². The first-order valence-corrected chi connectivity index (χ1v) is 5.50. The third-order valence-corrected chi connectivity index (χ3v) is 2.12. The Bertz CT molecular complexity index is 468. The molecule has 0 aliphatic rings. The van der Waals surface area contributed by atoms with Crippen LogP contribution in [0.2, 0.25) is 10.0 Å². The van der Waals surface area contributed by atoms with Crippen molar-refractivity contribution in [2.24, 2.45) is 0 Å². The zero-order chi connectivity index (χ0) is 13.5. The average molecular weight is 290 g/mol. The van der Waals surface area contributed by atoms with Gasteiger partial charge in [0.25, 0.3) is 5.91 Å². The lowest BCUT2D eigenvalue weighted by molar-refractivity contribution is -0.147. The molecule has 0 radical (unpaired) electrons. The Kier molecular flexibility index (Phi) is 5.64. The molecule has 0 saturated heterocycles. The zero-order valence-electron chi connectivity index (χ0n) is 9.02. The number of carbonyl (C=O) groups excluding carboxylic acids is 1. The molecule has 0 saturated carbocycles. The number of carboxylic acid groups (broad SMARTS) is 1. The summed E-state index contributed by atoms with van der Waals surface area (Å²) in [4.78, 5) is 25.7. The molecule has 5 nitrogen and oxygen atoms in total. The highest BCUT2D eigenvalue weighted by Gasteiger charge is 2.00. The molecule has 1 amide bonds. The van der Waals surface area contributed by atoms with E-state index in [0.29, 0.717) is 15.6 Å². The monoisotopic (exact) mass is 289 g/mol. The molecule has 0 unspecified atom stereocenters. The van der Waals surface area contributed by atoms with E-state index in [1.807, 2.05) is 5.48 Å². The Balaban J connectivity index is 2.52. The van der Waals surface area contributed by atoms with Crippen LogP contribution in [0.5, 0.6) is 0 Å². The van der Waals surface area contributed by atoms with Gasteiger partial charge in [-0.1, -0.05) is 23.2 Å². The van der Waals surface area contributed by atoms with Gasteiger partial charge in [0.05, 0.1) is 0 Å². The molecule has 0 bridgehead atoms. The summed E-state index contributed by atoms with van der Waals surface area (Å²) >= 11 is 11.6. The highest BCUT2D eigenvalue weighted by molar-refractivity contribution is 6.34. The summed E-state index contributed by atoms with van der Waals surface area (Å²) in [7, 11) is 0. The minimum atomic E-state index is -1.18. The average Bonchev–Trinajstić information content (AvgIpc) is 2.24. The highest BCUT2D eigenvalue weighted by Crippen LogP contribution is 2.19. The fraction of sp³-hybridized carbons (Fsp3) is 0.0909.